The molecule has 3 rings (SSSR count). The van der Waals surface area contributed by atoms with E-state index < -0.39 is 0 Å². The van der Waals surface area contributed by atoms with E-state index in [-0.39, 0.29) is 0 Å². The molecule has 0 spiro atoms. The van der Waals surface area contributed by atoms with Crippen molar-refractivity contribution in [3.63, 3.8) is 0 Å². The van der Waals surface area contributed by atoms with Crippen LogP contribution in [0.15, 0.2) is 24.3 Å². The summed E-state index contributed by atoms with van der Waals surface area (Å²) in [6.45, 7) is 2.16. The Bertz CT molecular complexity index is 631. The van der Waals surface area contributed by atoms with Gasteiger partial charge in [-0.1, -0.05) is 44.0 Å². The van der Waals surface area contributed by atoms with E-state index in [1.54, 1.807) is 0 Å². The molecule has 0 aliphatic heterocycles. The third kappa shape index (κ3) is 3.05. The molecule has 1 aromatic heterocycles. The minimum Gasteiger partial charge on any atom is -0.383 e. The number of aromatic nitrogens is 2. The van der Waals surface area contributed by atoms with E-state index in [0.717, 1.165) is 27.1 Å². The van der Waals surface area contributed by atoms with Crippen molar-refractivity contribution in [2.75, 3.05) is 5.73 Å². The number of nitrogens with two attached hydrogens (primary N) is 1. The number of hydrogen-bond acceptors (Lipinski definition) is 3. The van der Waals surface area contributed by atoms with Gasteiger partial charge in [0, 0.05) is 11.5 Å². The second kappa shape index (κ2) is 6.30. The number of halogens is 1. The first kappa shape index (κ1) is 14.8. The highest BCUT2D eigenvalue weighted by atomic mass is 127. The first-order chi connectivity index (χ1) is 10.2. The average Bonchev–Trinajstić information content (AvgIpc) is 3.04. The fraction of sp³-hybridized carbons (Fsp3) is 0.412. The summed E-state index contributed by atoms with van der Waals surface area (Å²) in [5, 5.41) is 0. The fourth-order valence-corrected chi connectivity index (χ4v) is 3.65. The number of aryl methyl sites for hydroxylation is 1. The minimum atomic E-state index is 0.552. The second-order valence-electron chi connectivity index (χ2n) is 5.66. The van der Waals surface area contributed by atoms with E-state index in [4.69, 9.17) is 10.7 Å². The van der Waals surface area contributed by atoms with Crippen LogP contribution in [0.2, 0.25) is 0 Å². The van der Waals surface area contributed by atoms with Crippen LogP contribution < -0.4 is 5.73 Å². The van der Waals surface area contributed by atoms with Crippen LogP contribution in [0.1, 0.15) is 49.8 Å². The van der Waals surface area contributed by atoms with Gasteiger partial charge < -0.3 is 5.73 Å². The molecule has 2 aromatic rings. The molecule has 1 heterocycles. The van der Waals surface area contributed by atoms with E-state index in [1.807, 2.05) is 0 Å². The van der Waals surface area contributed by atoms with E-state index >= 15 is 0 Å². The number of nitrogen functional groups attached to an aromatic ring is 1. The first-order valence-corrected chi connectivity index (χ1v) is 8.69. The Balaban J connectivity index is 2.01. The third-order valence-electron chi connectivity index (χ3n) is 4.26. The molecule has 0 saturated heterocycles. The van der Waals surface area contributed by atoms with E-state index in [2.05, 4.69) is 58.8 Å². The summed E-state index contributed by atoms with van der Waals surface area (Å²) < 4.78 is 1.04. The summed E-state index contributed by atoms with van der Waals surface area (Å²) in [7, 11) is 0. The highest BCUT2D eigenvalue weighted by molar-refractivity contribution is 14.1. The Hall–Kier alpha value is -1.17. The molecule has 0 radical (unpaired) electrons. The van der Waals surface area contributed by atoms with Gasteiger partial charge in [0.1, 0.15) is 5.82 Å². The van der Waals surface area contributed by atoms with Crippen molar-refractivity contribution < 1.29 is 0 Å². The summed E-state index contributed by atoms with van der Waals surface area (Å²) in [5.74, 6) is 1.93. The highest BCUT2D eigenvalue weighted by Gasteiger charge is 2.23. The normalized spacial score (nSPS) is 15.5. The Morgan fingerprint density at radius 2 is 1.81 bits per heavy atom. The van der Waals surface area contributed by atoms with Crippen molar-refractivity contribution in [1.82, 2.24) is 9.97 Å². The molecular weight excluding hydrogens is 373 g/mol. The third-order valence-corrected chi connectivity index (χ3v) is 5.37. The molecule has 2 N–H and O–H groups in total. The van der Waals surface area contributed by atoms with Crippen LogP contribution >= 0.6 is 22.6 Å². The average molecular weight is 393 g/mol. The van der Waals surface area contributed by atoms with Crippen LogP contribution in [-0.2, 0) is 6.42 Å². The molecule has 110 valence electrons. The van der Waals surface area contributed by atoms with Crippen LogP contribution in [0.25, 0.3) is 11.4 Å². The Kier molecular flexibility index (Phi) is 4.42. The van der Waals surface area contributed by atoms with Gasteiger partial charge in [-0.25, -0.2) is 9.97 Å². The van der Waals surface area contributed by atoms with E-state index in [0.29, 0.717) is 11.7 Å². The van der Waals surface area contributed by atoms with Crippen molar-refractivity contribution in [2.45, 2.75) is 44.9 Å². The number of benzene rings is 1. The predicted molar refractivity (Wildman–Crippen MR) is 95.2 cm³/mol. The van der Waals surface area contributed by atoms with Gasteiger partial charge in [0.25, 0.3) is 0 Å². The molecule has 0 unspecified atom stereocenters. The van der Waals surface area contributed by atoms with Crippen molar-refractivity contribution in [1.29, 1.82) is 0 Å². The predicted octanol–water partition coefficient (Wildman–Crippen LogP) is 4.55. The van der Waals surface area contributed by atoms with Gasteiger partial charge in [0.15, 0.2) is 5.82 Å². The molecule has 1 aliphatic carbocycles. The topological polar surface area (TPSA) is 51.8 Å². The smallest absolute Gasteiger partial charge is 0.161 e. The molecule has 21 heavy (non-hydrogen) atoms. The summed E-state index contributed by atoms with van der Waals surface area (Å²) in [6, 6.07) is 8.47. The van der Waals surface area contributed by atoms with E-state index in [9.17, 15) is 0 Å². The molecule has 0 bridgehead atoms. The molecule has 0 atom stereocenters. The number of rotatable bonds is 3. The molecule has 3 nitrogen and oxygen atoms in total. The highest BCUT2D eigenvalue weighted by Crippen LogP contribution is 2.37. The van der Waals surface area contributed by atoms with Crippen LogP contribution in [-0.4, -0.2) is 9.97 Å². The lowest BCUT2D eigenvalue weighted by Gasteiger charge is -2.14. The maximum absolute atomic E-state index is 6.12. The van der Waals surface area contributed by atoms with Gasteiger partial charge in [-0.2, -0.15) is 0 Å². The SMILES string of the molecule is CCc1ccc(-c2nc(N)c(I)c(C3CCCC3)n2)cc1. The van der Waals surface area contributed by atoms with E-state index in [1.165, 1.54) is 31.2 Å². The summed E-state index contributed by atoms with van der Waals surface area (Å²) in [4.78, 5) is 9.33. The van der Waals surface area contributed by atoms with Gasteiger partial charge in [-0.05, 0) is 47.4 Å². The van der Waals surface area contributed by atoms with Gasteiger partial charge in [0.2, 0.25) is 0 Å². The Morgan fingerprint density at radius 3 is 2.43 bits per heavy atom. The molecular formula is C17H20IN3. The minimum absolute atomic E-state index is 0.552. The van der Waals surface area contributed by atoms with Crippen LogP contribution in [0, 0.1) is 3.57 Å². The lowest BCUT2D eigenvalue weighted by Crippen LogP contribution is -2.07. The molecule has 4 heteroatoms. The molecule has 0 amide bonds. The quantitative estimate of drug-likeness (QED) is 0.779. The van der Waals surface area contributed by atoms with Gasteiger partial charge in [-0.3, -0.25) is 0 Å². The largest absolute Gasteiger partial charge is 0.383 e. The second-order valence-corrected chi connectivity index (χ2v) is 6.74. The lowest BCUT2D eigenvalue weighted by atomic mass is 10.0. The van der Waals surface area contributed by atoms with Crippen molar-refractivity contribution in [3.8, 4) is 11.4 Å². The Morgan fingerprint density at radius 1 is 1.14 bits per heavy atom. The van der Waals surface area contributed by atoms with Crippen molar-refractivity contribution in [3.05, 3.63) is 39.1 Å². The fourth-order valence-electron chi connectivity index (χ4n) is 2.97. The number of nitrogens with zero attached hydrogens (tertiary/aromatic N) is 2. The summed E-state index contributed by atoms with van der Waals surface area (Å²) in [6.07, 6.45) is 6.08. The maximum atomic E-state index is 6.12. The van der Waals surface area contributed by atoms with Crippen LogP contribution in [0.4, 0.5) is 5.82 Å². The van der Waals surface area contributed by atoms with Crippen LogP contribution in [0.3, 0.4) is 0 Å². The summed E-state index contributed by atoms with van der Waals surface area (Å²) >= 11 is 2.29. The first-order valence-electron chi connectivity index (χ1n) is 7.61. The van der Waals surface area contributed by atoms with Crippen molar-refractivity contribution >= 4 is 28.4 Å². The standard InChI is InChI=1S/C17H20IN3/c1-2-11-7-9-13(10-8-11)17-20-15(12-5-3-4-6-12)14(18)16(19)21-17/h7-10,12H,2-6H2,1H3,(H2,19,20,21). The van der Waals surface area contributed by atoms with Gasteiger partial charge in [-0.15, -0.1) is 0 Å². The lowest BCUT2D eigenvalue weighted by molar-refractivity contribution is 0.691. The van der Waals surface area contributed by atoms with Crippen molar-refractivity contribution in [2.24, 2.45) is 0 Å². The van der Waals surface area contributed by atoms with Gasteiger partial charge in [0.05, 0.1) is 9.26 Å². The molecule has 1 aromatic carbocycles. The number of anilines is 1. The number of hydrogen-bond donors (Lipinski definition) is 1. The molecule has 1 aliphatic rings. The zero-order valence-electron chi connectivity index (χ0n) is 12.3. The molecule has 1 fully saturated rings. The zero-order valence-corrected chi connectivity index (χ0v) is 14.4. The Labute approximate surface area is 139 Å². The van der Waals surface area contributed by atoms with Gasteiger partial charge >= 0.3 is 0 Å². The maximum Gasteiger partial charge on any atom is 0.161 e. The zero-order chi connectivity index (χ0) is 14.8. The van der Waals surface area contributed by atoms with Crippen LogP contribution in [0.5, 0.6) is 0 Å². The summed E-state index contributed by atoms with van der Waals surface area (Å²) in [5.41, 5.74) is 9.65. The molecule has 1 saturated carbocycles. The monoisotopic (exact) mass is 393 g/mol.